The molecule has 1 aromatic carbocycles. The average Bonchev–Trinajstić information content (AvgIpc) is 2.41. The van der Waals surface area contributed by atoms with E-state index in [-0.39, 0.29) is 0 Å². The van der Waals surface area contributed by atoms with Gasteiger partial charge in [-0.1, -0.05) is 30.3 Å². The second-order valence-corrected chi connectivity index (χ2v) is 5.34. The van der Waals surface area contributed by atoms with Crippen molar-refractivity contribution in [3.8, 4) is 0 Å². The molecule has 2 rings (SSSR count). The van der Waals surface area contributed by atoms with Gasteiger partial charge in [-0.2, -0.15) is 0 Å². The number of nitrogens with two attached hydrogens (primary N) is 1. The summed E-state index contributed by atoms with van der Waals surface area (Å²) in [4.78, 5) is 0. The Labute approximate surface area is 105 Å². The highest BCUT2D eigenvalue weighted by Crippen LogP contribution is 2.18. The number of rotatable bonds is 5. The summed E-state index contributed by atoms with van der Waals surface area (Å²) in [6.07, 6.45) is 6.59. The van der Waals surface area contributed by atoms with Crippen molar-refractivity contribution in [3.63, 3.8) is 0 Å². The van der Waals surface area contributed by atoms with Crippen LogP contribution < -0.4 is 5.73 Å². The number of piperidine rings is 1. The molecule has 0 atom stereocenters. The Morgan fingerprint density at radius 3 is 2.35 bits per heavy atom. The molecule has 1 aliphatic rings. The molecule has 1 aromatic rings. The number of aryl methyl sites for hydroxylation is 1. The molecule has 2 nitrogen and oxygen atoms in total. The first-order chi connectivity index (χ1) is 8.35. The summed E-state index contributed by atoms with van der Waals surface area (Å²) < 4.78 is 1.16. The minimum Gasteiger partial charge on any atom is -0.311 e. The van der Waals surface area contributed by atoms with E-state index >= 15 is 0 Å². The normalized spacial score (nSPS) is 19.1. The van der Waals surface area contributed by atoms with Crippen LogP contribution in [0.2, 0.25) is 0 Å². The average molecular weight is 233 g/mol. The van der Waals surface area contributed by atoms with Gasteiger partial charge in [-0.3, -0.25) is 5.73 Å². The van der Waals surface area contributed by atoms with Crippen LogP contribution in [0.1, 0.15) is 31.2 Å². The maximum atomic E-state index is 5.99. The summed E-state index contributed by atoms with van der Waals surface area (Å²) in [5.74, 6) is 0. The lowest BCUT2D eigenvalue weighted by Gasteiger charge is -2.40. The first-order valence-corrected chi connectivity index (χ1v) is 6.94. The van der Waals surface area contributed by atoms with Crippen LogP contribution in [0.15, 0.2) is 30.3 Å². The summed E-state index contributed by atoms with van der Waals surface area (Å²) in [7, 11) is 0. The van der Waals surface area contributed by atoms with Crippen molar-refractivity contribution >= 4 is 0 Å². The van der Waals surface area contributed by atoms with Gasteiger partial charge in [0.05, 0.1) is 19.6 Å². The quantitative estimate of drug-likeness (QED) is 0.777. The zero-order chi connectivity index (χ0) is 12.0. The minimum absolute atomic E-state index is 0.828. The Hall–Kier alpha value is -0.860. The summed E-state index contributed by atoms with van der Waals surface area (Å²) in [6.45, 7) is 4.68. The molecule has 0 bridgehead atoms. The molecule has 0 unspecified atom stereocenters. The van der Waals surface area contributed by atoms with Crippen LogP contribution in [0.3, 0.4) is 0 Å². The van der Waals surface area contributed by atoms with Crippen LogP contribution in [0.4, 0.5) is 0 Å². The number of benzene rings is 1. The van der Waals surface area contributed by atoms with Gasteiger partial charge in [0, 0.05) is 6.42 Å². The topological polar surface area (TPSA) is 26.0 Å². The lowest BCUT2D eigenvalue weighted by Crippen LogP contribution is -2.55. The number of nitrogens with zero attached hydrogens (tertiary/aromatic N) is 1. The minimum atomic E-state index is 0.828. The predicted molar refractivity (Wildman–Crippen MR) is 72.5 cm³/mol. The largest absolute Gasteiger partial charge is 0.311 e. The maximum Gasteiger partial charge on any atom is 0.130 e. The smallest absolute Gasteiger partial charge is 0.130 e. The van der Waals surface area contributed by atoms with Crippen molar-refractivity contribution in [2.45, 2.75) is 32.1 Å². The SMILES string of the molecule is NC[N+]1(CCCc2ccccc2)CCCCC1. The monoisotopic (exact) mass is 233 g/mol. The molecule has 1 fully saturated rings. The first kappa shape index (κ1) is 12.6. The Morgan fingerprint density at radius 2 is 1.71 bits per heavy atom. The van der Waals surface area contributed by atoms with Crippen molar-refractivity contribution in [2.75, 3.05) is 26.3 Å². The molecule has 1 heterocycles. The second kappa shape index (κ2) is 6.18. The van der Waals surface area contributed by atoms with Gasteiger partial charge in [0.25, 0.3) is 0 Å². The molecule has 1 saturated heterocycles. The summed E-state index contributed by atoms with van der Waals surface area (Å²) in [6, 6.07) is 10.8. The Bertz CT molecular complexity index is 315. The van der Waals surface area contributed by atoms with Crippen molar-refractivity contribution in [1.82, 2.24) is 0 Å². The Kier molecular flexibility index (Phi) is 4.57. The van der Waals surface area contributed by atoms with Crippen LogP contribution in [-0.2, 0) is 6.42 Å². The number of hydrogen-bond acceptors (Lipinski definition) is 1. The Balaban J connectivity index is 1.80. The molecule has 2 N–H and O–H groups in total. The van der Waals surface area contributed by atoms with E-state index in [0.29, 0.717) is 0 Å². The van der Waals surface area contributed by atoms with Gasteiger partial charge < -0.3 is 4.48 Å². The standard InChI is InChI=1S/C15H25N2/c16-14-17(11-5-2-6-12-17)13-7-10-15-8-3-1-4-9-15/h1,3-4,8-9H,2,5-7,10-14,16H2/q+1. The van der Waals surface area contributed by atoms with Crippen LogP contribution >= 0.6 is 0 Å². The molecule has 0 aromatic heterocycles. The second-order valence-electron chi connectivity index (χ2n) is 5.34. The van der Waals surface area contributed by atoms with E-state index in [1.165, 1.54) is 57.3 Å². The van der Waals surface area contributed by atoms with Crippen LogP contribution in [0, 0.1) is 0 Å². The number of likely N-dealkylation sites (tertiary alicyclic amines) is 1. The molecule has 0 radical (unpaired) electrons. The zero-order valence-corrected chi connectivity index (χ0v) is 10.8. The highest BCUT2D eigenvalue weighted by molar-refractivity contribution is 5.14. The predicted octanol–water partition coefficient (Wildman–Crippen LogP) is 2.54. The van der Waals surface area contributed by atoms with Gasteiger partial charge >= 0.3 is 0 Å². The number of hydrogen-bond donors (Lipinski definition) is 1. The van der Waals surface area contributed by atoms with Gasteiger partial charge in [0.2, 0.25) is 0 Å². The fourth-order valence-electron chi connectivity index (χ4n) is 2.94. The third-order valence-corrected chi connectivity index (χ3v) is 4.09. The van der Waals surface area contributed by atoms with Gasteiger partial charge in [0.1, 0.15) is 6.67 Å². The first-order valence-electron chi connectivity index (χ1n) is 6.94. The maximum absolute atomic E-state index is 5.99. The van der Waals surface area contributed by atoms with E-state index in [9.17, 15) is 0 Å². The molecule has 94 valence electrons. The highest BCUT2D eigenvalue weighted by atomic mass is 15.4. The van der Waals surface area contributed by atoms with Crippen molar-refractivity contribution in [1.29, 1.82) is 0 Å². The van der Waals surface area contributed by atoms with Crippen LogP contribution in [-0.4, -0.2) is 30.8 Å². The zero-order valence-electron chi connectivity index (χ0n) is 10.8. The van der Waals surface area contributed by atoms with Crippen LogP contribution in [0.25, 0.3) is 0 Å². The highest BCUT2D eigenvalue weighted by Gasteiger charge is 2.27. The fourth-order valence-corrected chi connectivity index (χ4v) is 2.94. The van der Waals surface area contributed by atoms with E-state index in [1.807, 2.05) is 0 Å². The third-order valence-electron chi connectivity index (χ3n) is 4.09. The summed E-state index contributed by atoms with van der Waals surface area (Å²) >= 11 is 0. The van der Waals surface area contributed by atoms with Crippen molar-refractivity contribution in [2.24, 2.45) is 5.73 Å². The molecule has 0 amide bonds. The molecule has 17 heavy (non-hydrogen) atoms. The van der Waals surface area contributed by atoms with Crippen LogP contribution in [0.5, 0.6) is 0 Å². The summed E-state index contributed by atoms with van der Waals surface area (Å²) in [5, 5.41) is 0. The van der Waals surface area contributed by atoms with E-state index in [4.69, 9.17) is 5.73 Å². The van der Waals surface area contributed by atoms with Crippen molar-refractivity contribution in [3.05, 3.63) is 35.9 Å². The van der Waals surface area contributed by atoms with E-state index < -0.39 is 0 Å². The molecule has 2 heteroatoms. The van der Waals surface area contributed by atoms with Gasteiger partial charge in [-0.05, 0) is 31.2 Å². The van der Waals surface area contributed by atoms with Gasteiger partial charge in [0.15, 0.2) is 0 Å². The Morgan fingerprint density at radius 1 is 1.00 bits per heavy atom. The summed E-state index contributed by atoms with van der Waals surface area (Å²) in [5.41, 5.74) is 7.45. The van der Waals surface area contributed by atoms with Gasteiger partial charge in [-0.25, -0.2) is 0 Å². The lowest BCUT2D eigenvalue weighted by atomic mass is 10.1. The van der Waals surface area contributed by atoms with E-state index in [2.05, 4.69) is 30.3 Å². The van der Waals surface area contributed by atoms with E-state index in [0.717, 1.165) is 11.2 Å². The molecule has 0 spiro atoms. The lowest BCUT2D eigenvalue weighted by molar-refractivity contribution is -0.932. The fraction of sp³-hybridized carbons (Fsp3) is 0.600. The molecule has 0 aliphatic carbocycles. The van der Waals surface area contributed by atoms with Crippen molar-refractivity contribution < 1.29 is 4.48 Å². The van der Waals surface area contributed by atoms with Gasteiger partial charge in [-0.15, -0.1) is 0 Å². The third kappa shape index (κ3) is 3.55. The van der Waals surface area contributed by atoms with E-state index in [1.54, 1.807) is 0 Å². The molecular formula is C15H25N2+. The molecule has 1 aliphatic heterocycles. The molecular weight excluding hydrogens is 208 g/mol. The number of quaternary nitrogens is 1. The molecule has 0 saturated carbocycles.